The zero-order chi connectivity index (χ0) is 37.0. The first-order chi connectivity index (χ1) is 26.3. The molecule has 1 spiro atoms. The molecule has 2 aromatic carbocycles. The van der Waals surface area contributed by atoms with Gasteiger partial charge in [0, 0.05) is 86.0 Å². The number of imidazole rings is 1. The molecule has 3 fully saturated rings. The Morgan fingerprint density at radius 1 is 0.907 bits per heavy atom. The van der Waals surface area contributed by atoms with Crippen LogP contribution in [0, 0.1) is 0 Å². The molecule has 12 heteroatoms. The first-order valence-corrected chi connectivity index (χ1v) is 19.4. The molecule has 0 radical (unpaired) electrons. The summed E-state index contributed by atoms with van der Waals surface area (Å²) in [5.41, 5.74) is 9.53. The van der Waals surface area contributed by atoms with Gasteiger partial charge in [-0.2, -0.15) is 0 Å². The number of rotatable bonds is 8. The van der Waals surface area contributed by atoms with Gasteiger partial charge in [0.1, 0.15) is 6.04 Å². The molecule has 1 aliphatic carbocycles. The van der Waals surface area contributed by atoms with Gasteiger partial charge < -0.3 is 15.2 Å². The molecule has 3 aliphatic heterocycles. The fourth-order valence-electron chi connectivity index (χ4n) is 9.39. The van der Waals surface area contributed by atoms with E-state index >= 15 is 0 Å². The normalized spacial score (nSPS) is 20.1. The largest absolute Gasteiger partial charge is 0.369 e. The zero-order valence-corrected chi connectivity index (χ0v) is 30.7. The Morgan fingerprint density at radius 3 is 2.48 bits per heavy atom. The molecule has 3 aromatic heterocycles. The number of pyridine rings is 1. The van der Waals surface area contributed by atoms with Crippen LogP contribution in [-0.4, -0.2) is 81.0 Å². The van der Waals surface area contributed by atoms with Gasteiger partial charge in [0.25, 0.3) is 5.91 Å². The summed E-state index contributed by atoms with van der Waals surface area (Å²) in [5, 5.41) is 5.53. The predicted molar refractivity (Wildman–Crippen MR) is 208 cm³/mol. The van der Waals surface area contributed by atoms with Crippen LogP contribution in [0.5, 0.6) is 0 Å². The molecule has 12 nitrogen and oxygen atoms in total. The summed E-state index contributed by atoms with van der Waals surface area (Å²) >= 11 is 0. The summed E-state index contributed by atoms with van der Waals surface area (Å²) in [6.45, 7) is 5.51. The average molecular weight is 727 g/mol. The highest BCUT2D eigenvalue weighted by Crippen LogP contribution is 2.44. The number of H-pyrrole nitrogens is 1. The Kier molecular flexibility index (Phi) is 8.72. The molecular weight excluding hydrogens is 681 g/mol. The van der Waals surface area contributed by atoms with Crippen LogP contribution >= 0.6 is 0 Å². The number of hydrogen-bond donors (Lipinski definition) is 3. The van der Waals surface area contributed by atoms with E-state index < -0.39 is 11.9 Å². The van der Waals surface area contributed by atoms with E-state index in [1.54, 1.807) is 16.2 Å². The van der Waals surface area contributed by atoms with Crippen molar-refractivity contribution in [1.29, 1.82) is 0 Å². The lowest BCUT2D eigenvalue weighted by atomic mass is 9.78. The van der Waals surface area contributed by atoms with Crippen LogP contribution in [0.1, 0.15) is 72.6 Å². The van der Waals surface area contributed by atoms with Crippen LogP contribution in [0.4, 0.5) is 5.69 Å². The number of para-hydroxylation sites is 1. The van der Waals surface area contributed by atoms with Crippen LogP contribution < -0.4 is 21.2 Å². The predicted octanol–water partition coefficient (Wildman–Crippen LogP) is 4.68. The number of piperazine rings is 1. The van der Waals surface area contributed by atoms with Crippen LogP contribution in [0.25, 0.3) is 33.5 Å². The van der Waals surface area contributed by atoms with Gasteiger partial charge in [0.05, 0.1) is 22.3 Å². The van der Waals surface area contributed by atoms with Gasteiger partial charge in [0.2, 0.25) is 11.8 Å². The maximum atomic E-state index is 13.3. The quantitative estimate of drug-likeness (QED) is 0.198. The van der Waals surface area contributed by atoms with Crippen LogP contribution in [0.3, 0.4) is 0 Å². The van der Waals surface area contributed by atoms with Crippen LogP contribution in [0.2, 0.25) is 0 Å². The van der Waals surface area contributed by atoms with Gasteiger partial charge in [-0.05, 0) is 80.6 Å². The van der Waals surface area contributed by atoms with E-state index in [1.165, 1.54) is 18.5 Å². The number of imide groups is 1. The molecule has 278 valence electrons. The summed E-state index contributed by atoms with van der Waals surface area (Å²) in [5.74, 6) is -0.690. The van der Waals surface area contributed by atoms with Crippen molar-refractivity contribution in [3.63, 3.8) is 0 Å². The second-order valence-electron chi connectivity index (χ2n) is 15.5. The highest BCUT2D eigenvalue weighted by Gasteiger charge is 2.43. The smallest absolute Gasteiger partial charge is 0.329 e. The van der Waals surface area contributed by atoms with E-state index in [0.29, 0.717) is 6.42 Å². The Morgan fingerprint density at radius 2 is 1.70 bits per heavy atom. The number of aromatic nitrogens is 4. The first-order valence-electron chi connectivity index (χ1n) is 19.4. The molecular formula is C42H46N8O4. The van der Waals surface area contributed by atoms with E-state index in [1.807, 2.05) is 30.5 Å². The average Bonchev–Trinajstić information content (AvgIpc) is 3.93. The minimum absolute atomic E-state index is 0.0131. The first kappa shape index (κ1) is 34.3. The van der Waals surface area contributed by atoms with Crippen molar-refractivity contribution < 1.29 is 14.4 Å². The van der Waals surface area contributed by atoms with Gasteiger partial charge >= 0.3 is 5.69 Å². The van der Waals surface area contributed by atoms with Crippen molar-refractivity contribution in [1.82, 2.24) is 34.6 Å². The summed E-state index contributed by atoms with van der Waals surface area (Å²) in [7, 11) is 1.76. The number of aromatic amines is 1. The van der Waals surface area contributed by atoms with Crippen LogP contribution in [-0.2, 0) is 28.5 Å². The van der Waals surface area contributed by atoms with Gasteiger partial charge in [-0.25, -0.2) is 4.79 Å². The number of carbonyl (C=O) groups excluding carboxylic acids is 3. The van der Waals surface area contributed by atoms with E-state index in [4.69, 9.17) is 4.98 Å². The van der Waals surface area contributed by atoms with Crippen molar-refractivity contribution in [3.8, 4) is 22.5 Å². The molecule has 4 aliphatic rings. The van der Waals surface area contributed by atoms with Gasteiger partial charge in [-0.1, -0.05) is 37.1 Å². The molecule has 5 aromatic rings. The summed E-state index contributed by atoms with van der Waals surface area (Å²) < 4.78 is 3.20. The molecule has 1 atom stereocenters. The standard InChI is InChI=1S/C42H46N8O4/c1-47-37-28(6-4-8-34(37)50(41(47)54)35-13-14-36(51)46-40(35)53)7-5-19-48-20-22-49(23-21-48)30-11-9-27(10-12-30)32-24-29(15-18-43-32)33-25-31-38(45-33)42(16-2-3-17-42)26-44-39(31)52/h4,6,8-12,15,18,24-25,35,45H,2-3,5,7,13-14,16-17,19-23,26H2,1H3,(H,44,52)(H,46,51,53). The molecule has 3 N–H and O–H groups in total. The van der Waals surface area contributed by atoms with Gasteiger partial charge in [0.15, 0.2) is 0 Å². The lowest BCUT2D eigenvalue weighted by molar-refractivity contribution is -0.135. The Balaban J connectivity index is 0.817. The molecule has 1 unspecified atom stereocenters. The fourth-order valence-corrected chi connectivity index (χ4v) is 9.39. The lowest BCUT2D eigenvalue weighted by Gasteiger charge is -2.36. The number of benzene rings is 2. The molecule has 9 rings (SSSR count). The lowest BCUT2D eigenvalue weighted by Crippen LogP contribution is -2.46. The SMILES string of the molecule is Cn1c(=O)n(C2CCC(=O)NC2=O)c2cccc(CCCN3CCN(c4ccc(-c5cc(-c6cc7c([nH]6)C6(CCCC6)CNC7=O)ccn5)cc4)CC3)c21. The second kappa shape index (κ2) is 13.7. The van der Waals surface area contributed by atoms with E-state index in [9.17, 15) is 19.2 Å². The Bertz CT molecular complexity index is 2320. The monoisotopic (exact) mass is 726 g/mol. The number of aryl methyl sites for hydroxylation is 2. The maximum Gasteiger partial charge on any atom is 0.329 e. The number of carbonyl (C=O) groups is 3. The molecule has 1 saturated carbocycles. The summed E-state index contributed by atoms with van der Waals surface area (Å²) in [6.07, 6.45) is 8.80. The zero-order valence-electron chi connectivity index (χ0n) is 30.7. The Hall–Kier alpha value is -5.49. The number of nitrogens with one attached hydrogen (secondary N) is 3. The minimum Gasteiger partial charge on any atom is -0.369 e. The van der Waals surface area contributed by atoms with Crippen molar-refractivity contribution in [2.45, 2.75) is 62.8 Å². The Labute approximate surface area is 313 Å². The molecule has 0 bridgehead atoms. The number of piperidine rings is 1. The summed E-state index contributed by atoms with van der Waals surface area (Å²) in [4.78, 5) is 63.7. The number of fused-ring (bicyclic) bond motifs is 3. The van der Waals surface area contributed by atoms with E-state index in [0.717, 1.165) is 115 Å². The van der Waals surface area contributed by atoms with Gasteiger partial charge in [-0.15, -0.1) is 0 Å². The van der Waals surface area contributed by atoms with E-state index in [-0.39, 0.29) is 29.3 Å². The van der Waals surface area contributed by atoms with E-state index in [2.05, 4.69) is 61.8 Å². The third-order valence-electron chi connectivity index (χ3n) is 12.3. The molecule has 2 saturated heterocycles. The number of nitrogens with zero attached hydrogens (tertiary/aromatic N) is 5. The second-order valence-corrected chi connectivity index (χ2v) is 15.5. The molecule has 3 amide bonds. The van der Waals surface area contributed by atoms with Crippen molar-refractivity contribution >= 4 is 34.4 Å². The van der Waals surface area contributed by atoms with Crippen LogP contribution in [0.15, 0.2) is 71.7 Å². The minimum atomic E-state index is -0.680. The third kappa shape index (κ3) is 6.02. The maximum absolute atomic E-state index is 13.3. The molecule has 54 heavy (non-hydrogen) atoms. The van der Waals surface area contributed by atoms with Crippen molar-refractivity contribution in [2.24, 2.45) is 7.05 Å². The topological polar surface area (TPSA) is 137 Å². The van der Waals surface area contributed by atoms with Crippen molar-refractivity contribution in [2.75, 3.05) is 44.2 Å². The number of hydrogen-bond acceptors (Lipinski definition) is 7. The third-order valence-corrected chi connectivity index (χ3v) is 12.3. The summed E-state index contributed by atoms with van der Waals surface area (Å²) in [6, 6.07) is 20.0. The van der Waals surface area contributed by atoms with Gasteiger partial charge in [-0.3, -0.25) is 38.7 Å². The fraction of sp³-hybridized carbons (Fsp3) is 0.405. The number of amides is 3. The number of anilines is 1. The van der Waals surface area contributed by atoms with Crippen molar-refractivity contribution in [3.05, 3.63) is 94.2 Å². The highest BCUT2D eigenvalue weighted by molar-refractivity contribution is 6.00. The molecule has 6 heterocycles. The highest BCUT2D eigenvalue weighted by atomic mass is 16.2.